The predicted octanol–water partition coefficient (Wildman–Crippen LogP) is 3.34. The molecule has 1 fully saturated rings. The van der Waals surface area contributed by atoms with Crippen molar-refractivity contribution in [2.45, 2.75) is 18.9 Å². The first-order valence-electron chi connectivity index (χ1n) is 9.89. The van der Waals surface area contributed by atoms with Crippen molar-refractivity contribution in [3.05, 3.63) is 53.2 Å². The molecule has 4 aromatic rings. The Morgan fingerprint density at radius 2 is 1.86 bits per heavy atom. The predicted molar refractivity (Wildman–Crippen MR) is 114 cm³/mol. The highest BCUT2D eigenvalue weighted by Crippen LogP contribution is 2.31. The average molecular weight is 389 g/mol. The van der Waals surface area contributed by atoms with Crippen molar-refractivity contribution >= 4 is 27.8 Å². The third-order valence-electron chi connectivity index (χ3n) is 5.82. The number of anilines is 1. The number of benzene rings is 1. The number of nitrogens with zero attached hydrogens (tertiary/aromatic N) is 4. The van der Waals surface area contributed by atoms with Crippen LogP contribution in [0.25, 0.3) is 33.1 Å². The number of hydrogen-bond acceptors (Lipinski definition) is 5. The lowest BCUT2D eigenvalue weighted by molar-refractivity contribution is 0.0697. The van der Waals surface area contributed by atoms with Gasteiger partial charge in [-0.2, -0.15) is 0 Å². The molecule has 0 aliphatic carbocycles. The molecule has 1 saturated heterocycles. The van der Waals surface area contributed by atoms with E-state index in [1.54, 1.807) is 10.8 Å². The summed E-state index contributed by atoms with van der Waals surface area (Å²) in [7, 11) is 3.67. The molecule has 148 valence electrons. The van der Waals surface area contributed by atoms with Gasteiger partial charge >= 0.3 is 5.69 Å². The van der Waals surface area contributed by atoms with Gasteiger partial charge < -0.3 is 10.1 Å². The van der Waals surface area contributed by atoms with E-state index in [0.717, 1.165) is 51.7 Å². The summed E-state index contributed by atoms with van der Waals surface area (Å²) >= 11 is 0. The van der Waals surface area contributed by atoms with Crippen molar-refractivity contribution in [3.8, 4) is 11.1 Å². The van der Waals surface area contributed by atoms with Crippen LogP contribution in [0.2, 0.25) is 0 Å². The quantitative estimate of drug-likeness (QED) is 0.582. The second-order valence-corrected chi connectivity index (χ2v) is 7.46. The fourth-order valence-corrected chi connectivity index (χ4v) is 4.20. The molecule has 3 aromatic heterocycles. The molecular weight excluding hydrogens is 366 g/mol. The van der Waals surface area contributed by atoms with Crippen LogP contribution in [-0.2, 0) is 11.8 Å². The molecule has 7 heteroatoms. The van der Waals surface area contributed by atoms with Gasteiger partial charge in [-0.1, -0.05) is 6.07 Å². The van der Waals surface area contributed by atoms with E-state index < -0.39 is 0 Å². The third kappa shape index (κ3) is 2.89. The molecule has 0 atom stereocenters. The van der Waals surface area contributed by atoms with E-state index in [0.29, 0.717) is 13.2 Å². The minimum Gasteiger partial charge on any atom is -0.381 e. The number of hydrogen-bond donors (Lipinski definition) is 1. The van der Waals surface area contributed by atoms with Gasteiger partial charge in [-0.3, -0.25) is 14.1 Å². The molecular formula is C22H23N5O2. The first-order chi connectivity index (χ1) is 14.2. The van der Waals surface area contributed by atoms with Crippen LogP contribution in [0.4, 0.5) is 5.82 Å². The van der Waals surface area contributed by atoms with E-state index in [1.165, 1.54) is 0 Å². The van der Waals surface area contributed by atoms with E-state index in [1.807, 2.05) is 43.1 Å². The highest BCUT2D eigenvalue weighted by atomic mass is 16.5. The summed E-state index contributed by atoms with van der Waals surface area (Å²) < 4.78 is 9.17. The number of imidazole rings is 1. The lowest BCUT2D eigenvalue weighted by Crippen LogP contribution is -2.29. The number of fused-ring (bicyclic) bond motifs is 3. The molecule has 4 heterocycles. The van der Waals surface area contributed by atoms with Crippen molar-refractivity contribution in [1.82, 2.24) is 19.1 Å². The standard InChI is InChI=1S/C22H23N5O2/c1-23-20-6-4-15(12-25-20)14-3-5-18-17(11-14)21-19(13-24-18)26(2)22(28)27(21)16-7-9-29-10-8-16/h3-6,11-13,16H,7-10H2,1-2H3,(H,23,25). The van der Waals surface area contributed by atoms with Crippen molar-refractivity contribution in [2.24, 2.45) is 7.05 Å². The second-order valence-electron chi connectivity index (χ2n) is 7.46. The number of aromatic nitrogens is 4. The summed E-state index contributed by atoms with van der Waals surface area (Å²) in [5.74, 6) is 0.829. The molecule has 7 nitrogen and oxygen atoms in total. The fraction of sp³-hybridized carbons (Fsp3) is 0.318. The highest BCUT2D eigenvalue weighted by Gasteiger charge is 2.23. The molecule has 1 aliphatic heterocycles. The molecule has 0 bridgehead atoms. The molecule has 5 rings (SSSR count). The average Bonchev–Trinajstić information content (AvgIpc) is 3.04. The van der Waals surface area contributed by atoms with Gasteiger partial charge in [-0.15, -0.1) is 0 Å². The summed E-state index contributed by atoms with van der Waals surface area (Å²) in [5.41, 5.74) is 4.78. The van der Waals surface area contributed by atoms with Gasteiger partial charge in [-0.05, 0) is 42.7 Å². The summed E-state index contributed by atoms with van der Waals surface area (Å²) in [6.07, 6.45) is 5.35. The van der Waals surface area contributed by atoms with Gasteiger partial charge in [0.15, 0.2) is 0 Å². The second kappa shape index (κ2) is 7.00. The van der Waals surface area contributed by atoms with Crippen LogP contribution in [0.15, 0.2) is 47.5 Å². The minimum atomic E-state index is 0.00615. The molecule has 0 radical (unpaired) electrons. The zero-order valence-electron chi connectivity index (χ0n) is 16.6. The van der Waals surface area contributed by atoms with E-state index in [2.05, 4.69) is 27.4 Å². The van der Waals surface area contributed by atoms with Gasteiger partial charge in [0, 0.05) is 50.5 Å². The SMILES string of the molecule is CNc1ccc(-c2ccc3ncc4c(c3c2)n(C2CCOCC2)c(=O)n4C)cn1. The first kappa shape index (κ1) is 17.9. The van der Waals surface area contributed by atoms with Crippen LogP contribution >= 0.6 is 0 Å². The molecule has 1 N–H and O–H groups in total. The van der Waals surface area contributed by atoms with Gasteiger partial charge in [0.05, 0.1) is 22.7 Å². The maximum absolute atomic E-state index is 13.1. The minimum absolute atomic E-state index is 0.00615. The summed E-state index contributed by atoms with van der Waals surface area (Å²) in [5, 5.41) is 4.03. The monoisotopic (exact) mass is 389 g/mol. The van der Waals surface area contributed by atoms with Crippen molar-refractivity contribution in [3.63, 3.8) is 0 Å². The van der Waals surface area contributed by atoms with Gasteiger partial charge in [0.25, 0.3) is 0 Å². The Labute approximate surface area is 168 Å². The Morgan fingerprint density at radius 3 is 2.59 bits per heavy atom. The molecule has 0 spiro atoms. The fourth-order valence-electron chi connectivity index (χ4n) is 4.20. The topological polar surface area (TPSA) is 74.0 Å². The maximum atomic E-state index is 13.1. The largest absolute Gasteiger partial charge is 0.381 e. The molecule has 0 saturated carbocycles. The Kier molecular flexibility index (Phi) is 4.32. The number of ether oxygens (including phenoxy) is 1. The zero-order chi connectivity index (χ0) is 20.0. The maximum Gasteiger partial charge on any atom is 0.329 e. The number of aryl methyl sites for hydroxylation is 1. The number of nitrogens with one attached hydrogen (secondary N) is 1. The van der Waals surface area contributed by atoms with Crippen molar-refractivity contribution < 1.29 is 4.74 Å². The lowest BCUT2D eigenvalue weighted by Gasteiger charge is -2.23. The van der Waals surface area contributed by atoms with Crippen LogP contribution in [0.5, 0.6) is 0 Å². The Bertz CT molecular complexity index is 1250. The number of pyridine rings is 2. The molecule has 0 unspecified atom stereocenters. The normalized spacial score (nSPS) is 15.2. The Morgan fingerprint density at radius 1 is 1.07 bits per heavy atom. The van der Waals surface area contributed by atoms with Crippen LogP contribution in [-0.4, -0.2) is 39.4 Å². The Hall–Kier alpha value is -3.19. The summed E-state index contributed by atoms with van der Waals surface area (Å²) in [4.78, 5) is 22.1. The molecule has 1 aromatic carbocycles. The van der Waals surface area contributed by atoms with Crippen LogP contribution in [0, 0.1) is 0 Å². The van der Waals surface area contributed by atoms with Crippen molar-refractivity contribution in [1.29, 1.82) is 0 Å². The zero-order valence-corrected chi connectivity index (χ0v) is 16.6. The number of rotatable bonds is 3. The van der Waals surface area contributed by atoms with Crippen LogP contribution in [0.1, 0.15) is 18.9 Å². The molecule has 1 aliphatic rings. The molecule has 0 amide bonds. The van der Waals surface area contributed by atoms with E-state index >= 15 is 0 Å². The highest BCUT2D eigenvalue weighted by molar-refractivity contribution is 6.04. The smallest absolute Gasteiger partial charge is 0.329 e. The summed E-state index contributed by atoms with van der Waals surface area (Å²) in [6, 6.07) is 10.3. The van der Waals surface area contributed by atoms with E-state index in [-0.39, 0.29) is 11.7 Å². The van der Waals surface area contributed by atoms with Crippen LogP contribution < -0.4 is 11.0 Å². The van der Waals surface area contributed by atoms with Gasteiger partial charge in [-0.25, -0.2) is 9.78 Å². The Balaban J connectivity index is 1.75. The lowest BCUT2D eigenvalue weighted by atomic mass is 10.0. The van der Waals surface area contributed by atoms with Gasteiger partial charge in [0.2, 0.25) is 0 Å². The van der Waals surface area contributed by atoms with E-state index in [9.17, 15) is 4.79 Å². The summed E-state index contributed by atoms with van der Waals surface area (Å²) in [6.45, 7) is 1.37. The third-order valence-corrected chi connectivity index (χ3v) is 5.82. The molecule has 29 heavy (non-hydrogen) atoms. The van der Waals surface area contributed by atoms with Crippen LogP contribution in [0.3, 0.4) is 0 Å². The first-order valence-corrected chi connectivity index (χ1v) is 9.89. The van der Waals surface area contributed by atoms with Crippen molar-refractivity contribution in [2.75, 3.05) is 25.6 Å². The van der Waals surface area contributed by atoms with Gasteiger partial charge in [0.1, 0.15) is 5.82 Å². The van der Waals surface area contributed by atoms with E-state index in [4.69, 9.17) is 4.74 Å².